The van der Waals surface area contributed by atoms with Crippen molar-refractivity contribution in [2.75, 3.05) is 13.1 Å². The molecule has 0 bridgehead atoms. The van der Waals surface area contributed by atoms with Crippen LogP contribution in [0.5, 0.6) is 0 Å². The Morgan fingerprint density at radius 1 is 1.50 bits per heavy atom. The third-order valence-electron chi connectivity index (χ3n) is 2.90. The van der Waals surface area contributed by atoms with Crippen molar-refractivity contribution >= 4 is 0 Å². The highest BCUT2D eigenvalue weighted by molar-refractivity contribution is 4.83. The van der Waals surface area contributed by atoms with Gasteiger partial charge in [-0.2, -0.15) is 0 Å². The highest BCUT2D eigenvalue weighted by Crippen LogP contribution is 2.30. The molecule has 1 nitrogen and oxygen atoms in total. The van der Waals surface area contributed by atoms with Crippen molar-refractivity contribution in [2.45, 2.75) is 39.0 Å². The van der Waals surface area contributed by atoms with E-state index in [1.54, 1.807) is 0 Å². The summed E-state index contributed by atoms with van der Waals surface area (Å²) in [6.07, 6.45) is 8.64. The molecule has 0 aromatic heterocycles. The van der Waals surface area contributed by atoms with E-state index in [2.05, 4.69) is 18.8 Å². The van der Waals surface area contributed by atoms with Gasteiger partial charge in [0, 0.05) is 6.54 Å². The van der Waals surface area contributed by atoms with Gasteiger partial charge in [-0.05, 0) is 37.6 Å². The molecule has 1 heterocycles. The standard InChI is InChI=1S/C11H21N/c1-3-4-5-6-7-11(2)8-9-12-10-11/h3,12H,1,4-10H2,2H3. The maximum absolute atomic E-state index is 3.73. The van der Waals surface area contributed by atoms with E-state index in [4.69, 9.17) is 0 Å². The van der Waals surface area contributed by atoms with Gasteiger partial charge in [0.1, 0.15) is 0 Å². The van der Waals surface area contributed by atoms with Crippen molar-refractivity contribution in [1.29, 1.82) is 0 Å². The summed E-state index contributed by atoms with van der Waals surface area (Å²) in [5.41, 5.74) is 0.598. The zero-order valence-corrected chi connectivity index (χ0v) is 8.23. The van der Waals surface area contributed by atoms with Crippen LogP contribution < -0.4 is 5.32 Å². The molecule has 1 atom stereocenters. The first kappa shape index (κ1) is 9.79. The molecule has 0 aliphatic carbocycles. The molecular weight excluding hydrogens is 146 g/mol. The van der Waals surface area contributed by atoms with Gasteiger partial charge in [0.15, 0.2) is 0 Å². The largest absolute Gasteiger partial charge is 0.316 e. The Labute approximate surface area is 76.2 Å². The van der Waals surface area contributed by atoms with E-state index in [9.17, 15) is 0 Å². The molecule has 1 rings (SSSR count). The fraction of sp³-hybridized carbons (Fsp3) is 0.818. The molecule has 12 heavy (non-hydrogen) atoms. The molecular formula is C11H21N. The van der Waals surface area contributed by atoms with Crippen LogP contribution in [0.4, 0.5) is 0 Å². The van der Waals surface area contributed by atoms with Gasteiger partial charge in [0.25, 0.3) is 0 Å². The first-order valence-electron chi connectivity index (χ1n) is 5.08. The van der Waals surface area contributed by atoms with Crippen LogP contribution in [0.2, 0.25) is 0 Å². The van der Waals surface area contributed by atoms with Crippen molar-refractivity contribution in [2.24, 2.45) is 5.41 Å². The van der Waals surface area contributed by atoms with E-state index < -0.39 is 0 Å². The molecule has 1 fully saturated rings. The van der Waals surface area contributed by atoms with Gasteiger partial charge in [-0.1, -0.05) is 19.4 Å². The molecule has 0 amide bonds. The van der Waals surface area contributed by atoms with Crippen LogP contribution in [0.3, 0.4) is 0 Å². The first-order chi connectivity index (χ1) is 5.77. The number of rotatable bonds is 5. The lowest BCUT2D eigenvalue weighted by atomic mass is 9.84. The second-order valence-electron chi connectivity index (χ2n) is 4.27. The monoisotopic (exact) mass is 167 g/mol. The Kier molecular flexibility index (Phi) is 3.80. The summed E-state index contributed by atoms with van der Waals surface area (Å²) in [5.74, 6) is 0. The average molecular weight is 167 g/mol. The van der Waals surface area contributed by atoms with Crippen LogP contribution in [0.1, 0.15) is 39.0 Å². The summed E-state index contributed by atoms with van der Waals surface area (Å²) in [4.78, 5) is 0. The maximum atomic E-state index is 3.73. The number of unbranched alkanes of at least 4 members (excludes halogenated alkanes) is 2. The van der Waals surface area contributed by atoms with Gasteiger partial charge in [-0.15, -0.1) is 6.58 Å². The summed E-state index contributed by atoms with van der Waals surface area (Å²) in [7, 11) is 0. The van der Waals surface area contributed by atoms with E-state index in [1.165, 1.54) is 45.2 Å². The maximum Gasteiger partial charge on any atom is 0.000564 e. The normalized spacial score (nSPS) is 29.1. The van der Waals surface area contributed by atoms with Gasteiger partial charge >= 0.3 is 0 Å². The van der Waals surface area contributed by atoms with E-state index in [0.29, 0.717) is 5.41 Å². The average Bonchev–Trinajstić information content (AvgIpc) is 2.47. The molecule has 0 aromatic rings. The molecule has 0 spiro atoms. The number of hydrogen-bond acceptors (Lipinski definition) is 1. The van der Waals surface area contributed by atoms with Crippen LogP contribution in [0.15, 0.2) is 12.7 Å². The molecule has 1 aliphatic heterocycles. The van der Waals surface area contributed by atoms with Crippen molar-refractivity contribution in [3.05, 3.63) is 12.7 Å². The summed E-state index contributed by atoms with van der Waals surface area (Å²) in [6.45, 7) is 8.58. The third kappa shape index (κ3) is 2.98. The fourth-order valence-electron chi connectivity index (χ4n) is 1.92. The van der Waals surface area contributed by atoms with Crippen LogP contribution >= 0.6 is 0 Å². The first-order valence-corrected chi connectivity index (χ1v) is 5.08. The topological polar surface area (TPSA) is 12.0 Å². The smallest absolute Gasteiger partial charge is 0.000564 e. The number of nitrogens with one attached hydrogen (secondary N) is 1. The molecule has 0 radical (unpaired) electrons. The number of allylic oxidation sites excluding steroid dienone is 1. The Hall–Kier alpha value is -0.300. The van der Waals surface area contributed by atoms with Gasteiger partial charge in [-0.25, -0.2) is 0 Å². The highest BCUT2D eigenvalue weighted by Gasteiger charge is 2.27. The van der Waals surface area contributed by atoms with Crippen LogP contribution in [-0.2, 0) is 0 Å². The summed E-state index contributed by atoms with van der Waals surface area (Å²) < 4.78 is 0. The van der Waals surface area contributed by atoms with E-state index in [1.807, 2.05) is 6.08 Å². The van der Waals surface area contributed by atoms with Crippen LogP contribution in [-0.4, -0.2) is 13.1 Å². The van der Waals surface area contributed by atoms with Crippen LogP contribution in [0.25, 0.3) is 0 Å². The van der Waals surface area contributed by atoms with Gasteiger partial charge in [0.05, 0.1) is 0 Å². The van der Waals surface area contributed by atoms with Crippen LogP contribution in [0, 0.1) is 5.41 Å². The lowest BCUT2D eigenvalue weighted by Crippen LogP contribution is -2.19. The zero-order chi connectivity index (χ0) is 8.86. The van der Waals surface area contributed by atoms with Crippen molar-refractivity contribution in [3.8, 4) is 0 Å². The molecule has 1 heteroatoms. The van der Waals surface area contributed by atoms with Gasteiger partial charge < -0.3 is 5.32 Å². The van der Waals surface area contributed by atoms with Gasteiger partial charge in [0.2, 0.25) is 0 Å². The van der Waals surface area contributed by atoms with Crippen molar-refractivity contribution < 1.29 is 0 Å². The van der Waals surface area contributed by atoms with E-state index in [0.717, 1.165) is 0 Å². The SMILES string of the molecule is C=CCCCCC1(C)CCNC1. The Morgan fingerprint density at radius 3 is 2.92 bits per heavy atom. The lowest BCUT2D eigenvalue weighted by molar-refractivity contribution is 0.321. The molecule has 0 saturated carbocycles. The minimum Gasteiger partial charge on any atom is -0.316 e. The molecule has 1 unspecified atom stereocenters. The fourth-order valence-corrected chi connectivity index (χ4v) is 1.92. The predicted molar refractivity (Wildman–Crippen MR) is 54.3 cm³/mol. The zero-order valence-electron chi connectivity index (χ0n) is 8.23. The van der Waals surface area contributed by atoms with Crippen molar-refractivity contribution in [1.82, 2.24) is 5.32 Å². The molecule has 1 aliphatic rings. The third-order valence-corrected chi connectivity index (χ3v) is 2.90. The molecule has 0 aromatic carbocycles. The predicted octanol–water partition coefficient (Wildman–Crippen LogP) is 2.73. The molecule has 1 N–H and O–H groups in total. The number of hydrogen-bond donors (Lipinski definition) is 1. The lowest BCUT2D eigenvalue weighted by Gasteiger charge is -2.21. The quantitative estimate of drug-likeness (QED) is 0.490. The highest BCUT2D eigenvalue weighted by atomic mass is 14.9. The minimum absolute atomic E-state index is 0.598. The Bertz CT molecular complexity index is 134. The molecule has 1 saturated heterocycles. The summed E-state index contributed by atoms with van der Waals surface area (Å²) >= 11 is 0. The minimum atomic E-state index is 0.598. The van der Waals surface area contributed by atoms with Gasteiger partial charge in [-0.3, -0.25) is 0 Å². The second kappa shape index (κ2) is 4.66. The van der Waals surface area contributed by atoms with E-state index >= 15 is 0 Å². The Morgan fingerprint density at radius 2 is 2.33 bits per heavy atom. The van der Waals surface area contributed by atoms with E-state index in [-0.39, 0.29) is 0 Å². The summed E-state index contributed by atoms with van der Waals surface area (Å²) in [5, 5.41) is 3.43. The summed E-state index contributed by atoms with van der Waals surface area (Å²) in [6, 6.07) is 0. The van der Waals surface area contributed by atoms with Crippen molar-refractivity contribution in [3.63, 3.8) is 0 Å². The molecule has 70 valence electrons. The Balaban J connectivity index is 2.08. The second-order valence-corrected chi connectivity index (χ2v) is 4.27.